The highest BCUT2D eigenvalue weighted by Crippen LogP contribution is 2.26. The van der Waals surface area contributed by atoms with Crippen molar-refractivity contribution in [1.82, 2.24) is 20.3 Å². The molecule has 2 N–H and O–H groups in total. The average Bonchev–Trinajstić information content (AvgIpc) is 2.87. The van der Waals surface area contributed by atoms with E-state index in [0.717, 1.165) is 35.9 Å². The molecule has 1 aliphatic rings. The first-order valence-electron chi connectivity index (χ1n) is 6.50. The third kappa shape index (κ3) is 1.84. The quantitative estimate of drug-likeness (QED) is 0.839. The second kappa shape index (κ2) is 4.57. The molecule has 5 heteroatoms. The third-order valence-electron chi connectivity index (χ3n) is 3.96. The zero-order chi connectivity index (χ0) is 12.5. The minimum atomic E-state index is 0.530. The number of hydrogen-bond donors (Lipinski definition) is 2. The molecule has 2 aromatic heterocycles. The molecule has 96 valence electrons. The highest BCUT2D eigenvalue weighted by molar-refractivity contribution is 5.87. The van der Waals surface area contributed by atoms with Gasteiger partial charge in [0.25, 0.3) is 0 Å². The van der Waals surface area contributed by atoms with E-state index in [1.807, 2.05) is 13.2 Å². The SMILES string of the molecule is CN[C@@H]1CN(c2ncnc3[nH]ccc23)CC[C@H]1C. The Morgan fingerprint density at radius 2 is 2.33 bits per heavy atom. The Morgan fingerprint density at radius 1 is 1.44 bits per heavy atom. The summed E-state index contributed by atoms with van der Waals surface area (Å²) in [6, 6.07) is 2.58. The van der Waals surface area contributed by atoms with Crippen molar-refractivity contribution in [2.45, 2.75) is 19.4 Å². The van der Waals surface area contributed by atoms with Crippen LogP contribution in [0.2, 0.25) is 0 Å². The molecule has 0 unspecified atom stereocenters. The van der Waals surface area contributed by atoms with Crippen molar-refractivity contribution < 1.29 is 0 Å². The van der Waals surface area contributed by atoms with Crippen molar-refractivity contribution in [2.75, 3.05) is 25.0 Å². The van der Waals surface area contributed by atoms with Crippen molar-refractivity contribution in [1.29, 1.82) is 0 Å². The highest BCUT2D eigenvalue weighted by atomic mass is 15.2. The van der Waals surface area contributed by atoms with Crippen LogP contribution in [-0.4, -0.2) is 41.1 Å². The lowest BCUT2D eigenvalue weighted by atomic mass is 9.93. The number of piperidine rings is 1. The van der Waals surface area contributed by atoms with Crippen molar-refractivity contribution >= 4 is 16.9 Å². The number of fused-ring (bicyclic) bond motifs is 1. The van der Waals surface area contributed by atoms with E-state index in [4.69, 9.17) is 0 Å². The lowest BCUT2D eigenvalue weighted by molar-refractivity contribution is 0.337. The van der Waals surface area contributed by atoms with Crippen LogP contribution in [-0.2, 0) is 0 Å². The Morgan fingerprint density at radius 3 is 3.17 bits per heavy atom. The molecule has 0 saturated carbocycles. The Bertz CT molecular complexity index is 535. The predicted octanol–water partition coefficient (Wildman–Crippen LogP) is 1.39. The van der Waals surface area contributed by atoms with Crippen LogP contribution in [0.1, 0.15) is 13.3 Å². The van der Waals surface area contributed by atoms with E-state index >= 15 is 0 Å². The van der Waals surface area contributed by atoms with Gasteiger partial charge >= 0.3 is 0 Å². The molecule has 1 fully saturated rings. The molecule has 0 amide bonds. The number of aromatic nitrogens is 3. The number of aromatic amines is 1. The van der Waals surface area contributed by atoms with Gasteiger partial charge in [-0.1, -0.05) is 6.92 Å². The fourth-order valence-electron chi connectivity index (χ4n) is 2.75. The van der Waals surface area contributed by atoms with Gasteiger partial charge in [0.2, 0.25) is 0 Å². The summed E-state index contributed by atoms with van der Waals surface area (Å²) >= 11 is 0. The van der Waals surface area contributed by atoms with E-state index in [2.05, 4.69) is 38.2 Å². The van der Waals surface area contributed by atoms with Gasteiger partial charge in [0.15, 0.2) is 0 Å². The standard InChI is InChI=1S/C13H19N5/c1-9-4-6-18(7-11(9)14-2)13-10-3-5-15-12(10)16-8-17-13/h3,5,8-9,11,14H,4,6-7H2,1-2H3,(H,15,16,17)/t9-,11-/m1/s1. The maximum atomic E-state index is 4.46. The van der Waals surface area contributed by atoms with Gasteiger partial charge in [0.05, 0.1) is 5.39 Å². The lowest BCUT2D eigenvalue weighted by Crippen LogP contribution is -2.49. The molecule has 0 spiro atoms. The number of rotatable bonds is 2. The summed E-state index contributed by atoms with van der Waals surface area (Å²) in [5.74, 6) is 1.77. The first-order valence-corrected chi connectivity index (χ1v) is 6.50. The van der Waals surface area contributed by atoms with Gasteiger partial charge in [-0.25, -0.2) is 9.97 Å². The molecule has 2 aromatic rings. The van der Waals surface area contributed by atoms with Crippen LogP contribution in [0.5, 0.6) is 0 Å². The molecule has 3 rings (SSSR count). The second-order valence-electron chi connectivity index (χ2n) is 5.04. The van der Waals surface area contributed by atoms with E-state index in [9.17, 15) is 0 Å². The summed E-state index contributed by atoms with van der Waals surface area (Å²) < 4.78 is 0. The van der Waals surface area contributed by atoms with Gasteiger partial charge < -0.3 is 15.2 Å². The Kier molecular flexibility index (Phi) is 2.91. The zero-order valence-electron chi connectivity index (χ0n) is 10.8. The first-order chi connectivity index (χ1) is 8.79. The molecule has 0 aliphatic carbocycles. The average molecular weight is 245 g/mol. The number of likely N-dealkylation sites (N-methyl/N-ethyl adjacent to an activating group) is 1. The van der Waals surface area contributed by atoms with E-state index < -0.39 is 0 Å². The van der Waals surface area contributed by atoms with Crippen molar-refractivity contribution in [3.05, 3.63) is 18.6 Å². The van der Waals surface area contributed by atoms with Crippen LogP contribution < -0.4 is 10.2 Å². The summed E-state index contributed by atoms with van der Waals surface area (Å²) in [6.45, 7) is 4.38. The van der Waals surface area contributed by atoms with Crippen molar-refractivity contribution in [2.24, 2.45) is 5.92 Å². The zero-order valence-corrected chi connectivity index (χ0v) is 10.8. The minimum absolute atomic E-state index is 0.530. The Hall–Kier alpha value is -1.62. The van der Waals surface area contributed by atoms with Crippen LogP contribution in [0.4, 0.5) is 5.82 Å². The van der Waals surface area contributed by atoms with Gasteiger partial charge in [0, 0.05) is 25.3 Å². The van der Waals surface area contributed by atoms with Crippen LogP contribution in [0.15, 0.2) is 18.6 Å². The van der Waals surface area contributed by atoms with Gasteiger partial charge in [-0.3, -0.25) is 0 Å². The molecule has 1 aliphatic heterocycles. The van der Waals surface area contributed by atoms with Crippen LogP contribution in [0, 0.1) is 5.92 Å². The normalized spacial score (nSPS) is 24.7. The maximum absolute atomic E-state index is 4.46. The summed E-state index contributed by atoms with van der Waals surface area (Å²) in [6.07, 6.45) is 4.76. The highest BCUT2D eigenvalue weighted by Gasteiger charge is 2.26. The fraction of sp³-hybridized carbons (Fsp3) is 0.538. The summed E-state index contributed by atoms with van der Waals surface area (Å²) in [4.78, 5) is 14.2. The topological polar surface area (TPSA) is 56.8 Å². The number of hydrogen-bond acceptors (Lipinski definition) is 4. The number of anilines is 1. The van der Waals surface area contributed by atoms with Crippen LogP contribution in [0.3, 0.4) is 0 Å². The summed E-state index contributed by atoms with van der Waals surface area (Å²) in [5.41, 5.74) is 0.916. The molecular weight excluding hydrogens is 226 g/mol. The maximum Gasteiger partial charge on any atom is 0.142 e. The Labute approximate surface area is 107 Å². The smallest absolute Gasteiger partial charge is 0.142 e. The molecule has 0 bridgehead atoms. The molecular formula is C13H19N5. The van der Waals surface area contributed by atoms with E-state index in [1.165, 1.54) is 6.42 Å². The summed E-state index contributed by atoms with van der Waals surface area (Å²) in [7, 11) is 2.04. The van der Waals surface area contributed by atoms with Crippen molar-refractivity contribution in [3.8, 4) is 0 Å². The molecule has 5 nitrogen and oxygen atoms in total. The van der Waals surface area contributed by atoms with Gasteiger partial charge in [0.1, 0.15) is 17.8 Å². The Balaban J connectivity index is 1.93. The summed E-state index contributed by atoms with van der Waals surface area (Å²) in [5, 5.41) is 4.52. The molecule has 3 heterocycles. The lowest BCUT2D eigenvalue weighted by Gasteiger charge is -2.37. The minimum Gasteiger partial charge on any atom is -0.354 e. The molecule has 1 saturated heterocycles. The second-order valence-corrected chi connectivity index (χ2v) is 5.04. The van der Waals surface area contributed by atoms with Gasteiger partial charge in [-0.15, -0.1) is 0 Å². The van der Waals surface area contributed by atoms with Crippen LogP contribution in [0.25, 0.3) is 11.0 Å². The third-order valence-corrected chi connectivity index (χ3v) is 3.96. The van der Waals surface area contributed by atoms with E-state index in [1.54, 1.807) is 6.33 Å². The molecule has 0 aromatic carbocycles. The molecule has 0 radical (unpaired) electrons. The molecule has 2 atom stereocenters. The van der Waals surface area contributed by atoms with E-state index in [-0.39, 0.29) is 0 Å². The van der Waals surface area contributed by atoms with Crippen molar-refractivity contribution in [3.63, 3.8) is 0 Å². The van der Waals surface area contributed by atoms with Crippen LogP contribution >= 0.6 is 0 Å². The molecule has 18 heavy (non-hydrogen) atoms. The number of nitrogens with one attached hydrogen (secondary N) is 2. The predicted molar refractivity (Wildman–Crippen MR) is 72.7 cm³/mol. The van der Waals surface area contributed by atoms with Gasteiger partial charge in [-0.05, 0) is 25.5 Å². The van der Waals surface area contributed by atoms with Gasteiger partial charge in [-0.2, -0.15) is 0 Å². The number of H-pyrrole nitrogens is 1. The largest absolute Gasteiger partial charge is 0.354 e. The van der Waals surface area contributed by atoms with E-state index in [0.29, 0.717) is 6.04 Å². The fourth-order valence-corrected chi connectivity index (χ4v) is 2.75. The first kappa shape index (κ1) is 11.5. The number of nitrogens with zero attached hydrogens (tertiary/aromatic N) is 3. The monoisotopic (exact) mass is 245 g/mol.